The summed E-state index contributed by atoms with van der Waals surface area (Å²) in [5.41, 5.74) is 2.15. The molecule has 0 saturated carbocycles. The number of hydrogen-bond acceptors (Lipinski definition) is 1. The third-order valence-corrected chi connectivity index (χ3v) is 3.16. The van der Waals surface area contributed by atoms with E-state index in [1.54, 1.807) is 0 Å². The Kier molecular flexibility index (Phi) is 4.89. The van der Waals surface area contributed by atoms with Crippen LogP contribution in [0.1, 0.15) is 25.0 Å². The molecular weight excluding hydrogens is 275 g/mol. The van der Waals surface area contributed by atoms with Crippen LogP contribution in [0.3, 0.4) is 0 Å². The maximum absolute atomic E-state index is 13.5. The summed E-state index contributed by atoms with van der Waals surface area (Å²) >= 11 is 0. The third kappa shape index (κ3) is 4.25. The van der Waals surface area contributed by atoms with Crippen molar-refractivity contribution >= 4 is 5.69 Å². The predicted molar refractivity (Wildman–Crippen MR) is 78.6 cm³/mol. The van der Waals surface area contributed by atoms with Crippen molar-refractivity contribution < 1.29 is 13.2 Å². The topological polar surface area (TPSA) is 12.0 Å². The van der Waals surface area contributed by atoms with Crippen molar-refractivity contribution in [1.82, 2.24) is 0 Å². The summed E-state index contributed by atoms with van der Waals surface area (Å²) in [5.74, 6) is -2.46. The molecule has 0 radical (unpaired) electrons. The molecule has 0 unspecified atom stereocenters. The highest BCUT2D eigenvalue weighted by atomic mass is 19.2. The van der Waals surface area contributed by atoms with Gasteiger partial charge in [0, 0.05) is 18.7 Å². The van der Waals surface area contributed by atoms with E-state index in [0.29, 0.717) is 18.5 Å². The van der Waals surface area contributed by atoms with Crippen LogP contribution in [0.25, 0.3) is 0 Å². The molecule has 2 aromatic carbocycles. The van der Waals surface area contributed by atoms with E-state index in [1.165, 1.54) is 5.56 Å². The molecule has 0 amide bonds. The van der Waals surface area contributed by atoms with Gasteiger partial charge >= 0.3 is 0 Å². The zero-order valence-electron chi connectivity index (χ0n) is 12.1. The van der Waals surface area contributed by atoms with Crippen molar-refractivity contribution in [1.29, 1.82) is 0 Å². The van der Waals surface area contributed by atoms with Gasteiger partial charge < -0.3 is 5.32 Å². The van der Waals surface area contributed by atoms with E-state index < -0.39 is 17.5 Å². The van der Waals surface area contributed by atoms with Crippen molar-refractivity contribution in [3.63, 3.8) is 0 Å². The molecule has 0 fully saturated rings. The molecule has 1 N–H and O–H groups in total. The smallest absolute Gasteiger partial charge is 0.161 e. The highest BCUT2D eigenvalue weighted by Gasteiger charge is 2.09. The van der Waals surface area contributed by atoms with Gasteiger partial charge in [-0.2, -0.15) is 0 Å². The van der Waals surface area contributed by atoms with Crippen LogP contribution in [0.5, 0.6) is 0 Å². The molecule has 21 heavy (non-hydrogen) atoms. The van der Waals surface area contributed by atoms with Crippen LogP contribution in [-0.2, 0) is 13.0 Å². The second-order valence-electron chi connectivity index (χ2n) is 5.51. The molecule has 2 aromatic rings. The molecule has 0 atom stereocenters. The molecule has 0 saturated heterocycles. The van der Waals surface area contributed by atoms with E-state index in [-0.39, 0.29) is 5.69 Å². The zero-order chi connectivity index (χ0) is 15.4. The Morgan fingerprint density at radius 3 is 2.05 bits per heavy atom. The summed E-state index contributed by atoms with van der Waals surface area (Å²) in [6, 6.07) is 9.32. The molecular formula is C17H18F3N. The molecule has 1 nitrogen and oxygen atoms in total. The molecule has 4 heteroatoms. The summed E-state index contributed by atoms with van der Waals surface area (Å²) in [4.78, 5) is 0. The Balaban J connectivity index is 2.01. The van der Waals surface area contributed by atoms with Crippen molar-refractivity contribution in [3.05, 3.63) is 65.0 Å². The van der Waals surface area contributed by atoms with E-state index in [9.17, 15) is 13.2 Å². The van der Waals surface area contributed by atoms with Gasteiger partial charge in [-0.25, -0.2) is 13.2 Å². The van der Waals surface area contributed by atoms with Crippen molar-refractivity contribution in [2.24, 2.45) is 5.92 Å². The Morgan fingerprint density at radius 1 is 0.857 bits per heavy atom. The van der Waals surface area contributed by atoms with Gasteiger partial charge in [0.25, 0.3) is 0 Å². The van der Waals surface area contributed by atoms with Gasteiger partial charge in [0.05, 0.1) is 5.69 Å². The Bertz CT molecular complexity index is 606. The quantitative estimate of drug-likeness (QED) is 0.772. The second kappa shape index (κ2) is 6.66. The average molecular weight is 293 g/mol. The molecule has 0 spiro atoms. The highest BCUT2D eigenvalue weighted by molar-refractivity contribution is 5.45. The first kappa shape index (κ1) is 15.4. The van der Waals surface area contributed by atoms with E-state index in [0.717, 1.165) is 18.1 Å². The molecule has 0 aromatic heterocycles. The number of rotatable bonds is 5. The van der Waals surface area contributed by atoms with Crippen LogP contribution < -0.4 is 5.32 Å². The lowest BCUT2D eigenvalue weighted by atomic mass is 10.0. The summed E-state index contributed by atoms with van der Waals surface area (Å²) in [6.45, 7) is 4.66. The monoisotopic (exact) mass is 293 g/mol. The number of benzene rings is 2. The van der Waals surface area contributed by atoms with E-state index >= 15 is 0 Å². The van der Waals surface area contributed by atoms with Crippen molar-refractivity contribution in [3.8, 4) is 0 Å². The lowest BCUT2D eigenvalue weighted by Crippen LogP contribution is -2.03. The largest absolute Gasteiger partial charge is 0.379 e. The summed E-state index contributed by atoms with van der Waals surface area (Å²) in [7, 11) is 0. The Morgan fingerprint density at radius 2 is 1.43 bits per heavy atom. The highest BCUT2D eigenvalue weighted by Crippen LogP contribution is 2.19. The van der Waals surface area contributed by atoms with Crippen LogP contribution in [-0.4, -0.2) is 0 Å². The van der Waals surface area contributed by atoms with Crippen LogP contribution in [0.4, 0.5) is 18.9 Å². The number of nitrogens with one attached hydrogen (secondary N) is 1. The first-order valence-electron chi connectivity index (χ1n) is 6.92. The van der Waals surface area contributed by atoms with E-state index in [1.807, 2.05) is 24.3 Å². The summed E-state index contributed by atoms with van der Waals surface area (Å²) in [5, 5.41) is 2.78. The SMILES string of the molecule is CC(C)Cc1ccc(CNc2cc(F)c(F)cc2F)cc1. The first-order valence-corrected chi connectivity index (χ1v) is 6.92. The van der Waals surface area contributed by atoms with E-state index in [2.05, 4.69) is 19.2 Å². The molecule has 0 aliphatic heterocycles. The lowest BCUT2D eigenvalue weighted by molar-refractivity contribution is 0.496. The summed E-state index contributed by atoms with van der Waals surface area (Å²) in [6.07, 6.45) is 1.01. The van der Waals surface area contributed by atoms with Gasteiger partial charge in [0.15, 0.2) is 11.6 Å². The van der Waals surface area contributed by atoms with Gasteiger partial charge in [0.2, 0.25) is 0 Å². The fourth-order valence-corrected chi connectivity index (χ4v) is 2.12. The van der Waals surface area contributed by atoms with Crippen LogP contribution in [0.2, 0.25) is 0 Å². The standard InChI is InChI=1S/C17H18F3N/c1-11(2)7-12-3-5-13(6-4-12)10-21-17-9-15(19)14(18)8-16(17)20/h3-6,8-9,11,21H,7,10H2,1-2H3. The van der Waals surface area contributed by atoms with Crippen molar-refractivity contribution in [2.75, 3.05) is 5.32 Å². The fraction of sp³-hybridized carbons (Fsp3) is 0.294. The van der Waals surface area contributed by atoms with Gasteiger partial charge in [-0.1, -0.05) is 38.1 Å². The maximum atomic E-state index is 13.5. The van der Waals surface area contributed by atoms with Gasteiger partial charge in [0.1, 0.15) is 5.82 Å². The van der Waals surface area contributed by atoms with Gasteiger partial charge in [-0.15, -0.1) is 0 Å². The molecule has 0 aliphatic rings. The van der Waals surface area contributed by atoms with Crippen LogP contribution in [0.15, 0.2) is 36.4 Å². The number of hydrogen-bond donors (Lipinski definition) is 1. The summed E-state index contributed by atoms with van der Waals surface area (Å²) < 4.78 is 39.4. The molecule has 0 heterocycles. The first-order chi connectivity index (χ1) is 9.95. The molecule has 0 bridgehead atoms. The molecule has 0 aliphatic carbocycles. The van der Waals surface area contributed by atoms with Crippen molar-refractivity contribution in [2.45, 2.75) is 26.8 Å². The molecule has 112 valence electrons. The lowest BCUT2D eigenvalue weighted by Gasteiger charge is -2.10. The Hall–Kier alpha value is -1.97. The fourth-order valence-electron chi connectivity index (χ4n) is 2.12. The maximum Gasteiger partial charge on any atom is 0.161 e. The van der Waals surface area contributed by atoms with Gasteiger partial charge in [-0.05, 0) is 23.5 Å². The second-order valence-corrected chi connectivity index (χ2v) is 5.51. The number of halogens is 3. The predicted octanol–water partition coefficient (Wildman–Crippen LogP) is 4.91. The minimum atomic E-state index is -1.18. The average Bonchev–Trinajstić information content (AvgIpc) is 2.42. The minimum Gasteiger partial charge on any atom is -0.379 e. The van der Waals surface area contributed by atoms with Crippen LogP contribution in [0, 0.1) is 23.4 Å². The van der Waals surface area contributed by atoms with E-state index in [4.69, 9.17) is 0 Å². The third-order valence-electron chi connectivity index (χ3n) is 3.16. The Labute approximate surface area is 122 Å². The van der Waals surface area contributed by atoms with Gasteiger partial charge in [-0.3, -0.25) is 0 Å². The molecule has 2 rings (SSSR count). The number of anilines is 1. The normalized spacial score (nSPS) is 11.0. The minimum absolute atomic E-state index is 0.0415. The van der Waals surface area contributed by atoms with Crippen LogP contribution >= 0.6 is 0 Å². The zero-order valence-corrected chi connectivity index (χ0v) is 12.1.